The normalized spacial score (nSPS) is 11.1. The highest BCUT2D eigenvalue weighted by Gasteiger charge is 2.18. The van der Waals surface area contributed by atoms with Crippen LogP contribution in [-0.2, 0) is 0 Å². The van der Waals surface area contributed by atoms with Crippen LogP contribution in [0.15, 0.2) is 125 Å². The van der Waals surface area contributed by atoms with E-state index in [-0.39, 0.29) is 0 Å². The van der Waals surface area contributed by atoms with E-state index in [9.17, 15) is 0 Å². The smallest absolute Gasteiger partial charge is 0.119 e. The standard InChI is InChI=1S/C31H25BrN2O/c1-2-35-29-18-16-28(17-19-29)34-30(23-10-5-3-6-11-23)20-25(31(34)24-12-7-4-8-13-24)22-33-27-15-9-14-26(32)21-27/h3-22H,2H2,1H3. The number of rotatable bonds is 7. The number of aromatic nitrogens is 1. The minimum Gasteiger partial charge on any atom is -0.494 e. The zero-order chi connectivity index (χ0) is 24.0. The first kappa shape index (κ1) is 22.9. The summed E-state index contributed by atoms with van der Waals surface area (Å²) in [7, 11) is 0. The highest BCUT2D eigenvalue weighted by molar-refractivity contribution is 9.10. The van der Waals surface area contributed by atoms with Gasteiger partial charge < -0.3 is 9.30 Å². The van der Waals surface area contributed by atoms with E-state index in [0.717, 1.165) is 49.7 Å². The van der Waals surface area contributed by atoms with Crippen LogP contribution in [0.3, 0.4) is 0 Å². The average molecular weight is 521 g/mol. The van der Waals surface area contributed by atoms with Gasteiger partial charge in [-0.15, -0.1) is 0 Å². The molecule has 4 aromatic carbocycles. The SMILES string of the molecule is CCOc1ccc(-n2c(-c3ccccc3)cc(C=Nc3cccc(Br)c3)c2-c2ccccc2)cc1. The molecule has 0 saturated carbocycles. The summed E-state index contributed by atoms with van der Waals surface area (Å²) in [5, 5.41) is 0. The van der Waals surface area contributed by atoms with Crippen molar-refractivity contribution in [2.24, 2.45) is 4.99 Å². The van der Waals surface area contributed by atoms with Gasteiger partial charge in [0.1, 0.15) is 5.75 Å². The Kier molecular flexibility index (Phi) is 6.92. The molecule has 172 valence electrons. The molecule has 4 heteroatoms. The molecule has 0 aliphatic carbocycles. The van der Waals surface area contributed by atoms with Crippen molar-refractivity contribution in [2.45, 2.75) is 6.92 Å². The molecule has 1 aromatic heterocycles. The van der Waals surface area contributed by atoms with Crippen LogP contribution in [0, 0.1) is 0 Å². The number of hydrogen-bond donors (Lipinski definition) is 0. The molecule has 5 rings (SSSR count). The molecular weight excluding hydrogens is 496 g/mol. The molecule has 0 saturated heterocycles. The Morgan fingerprint density at radius 1 is 0.771 bits per heavy atom. The summed E-state index contributed by atoms with van der Waals surface area (Å²) >= 11 is 3.55. The van der Waals surface area contributed by atoms with Gasteiger partial charge in [-0.3, -0.25) is 4.99 Å². The van der Waals surface area contributed by atoms with Crippen LogP contribution in [0.2, 0.25) is 0 Å². The van der Waals surface area contributed by atoms with Gasteiger partial charge in [-0.25, -0.2) is 0 Å². The Morgan fingerprint density at radius 2 is 1.46 bits per heavy atom. The molecular formula is C31H25BrN2O. The number of hydrogen-bond acceptors (Lipinski definition) is 2. The second-order valence-electron chi connectivity index (χ2n) is 8.07. The monoisotopic (exact) mass is 520 g/mol. The molecule has 0 amide bonds. The van der Waals surface area contributed by atoms with Crippen molar-refractivity contribution < 1.29 is 4.74 Å². The van der Waals surface area contributed by atoms with E-state index in [1.165, 1.54) is 0 Å². The van der Waals surface area contributed by atoms with Gasteiger partial charge in [0.05, 0.1) is 23.7 Å². The quantitative estimate of drug-likeness (QED) is 0.197. The van der Waals surface area contributed by atoms with E-state index in [1.54, 1.807) is 0 Å². The van der Waals surface area contributed by atoms with Crippen molar-refractivity contribution in [3.63, 3.8) is 0 Å². The largest absolute Gasteiger partial charge is 0.494 e. The zero-order valence-electron chi connectivity index (χ0n) is 19.4. The molecule has 0 fully saturated rings. The number of aliphatic imine (C=N–C) groups is 1. The molecule has 0 bridgehead atoms. The molecule has 1 heterocycles. The Bertz CT molecular complexity index is 1440. The van der Waals surface area contributed by atoms with E-state index in [0.29, 0.717) is 6.61 Å². The fraction of sp³-hybridized carbons (Fsp3) is 0.0645. The number of ether oxygens (including phenoxy) is 1. The van der Waals surface area contributed by atoms with Crippen molar-refractivity contribution in [1.29, 1.82) is 0 Å². The van der Waals surface area contributed by atoms with E-state index >= 15 is 0 Å². The lowest BCUT2D eigenvalue weighted by atomic mass is 10.1. The fourth-order valence-corrected chi connectivity index (χ4v) is 4.56. The van der Waals surface area contributed by atoms with Crippen LogP contribution < -0.4 is 4.74 Å². The molecule has 0 unspecified atom stereocenters. The maximum atomic E-state index is 5.69. The highest BCUT2D eigenvalue weighted by atomic mass is 79.9. The number of halogens is 1. The molecule has 5 aromatic rings. The number of nitrogens with zero attached hydrogens (tertiary/aromatic N) is 2. The summed E-state index contributed by atoms with van der Waals surface area (Å²) in [4.78, 5) is 4.82. The van der Waals surface area contributed by atoms with Crippen LogP contribution in [-0.4, -0.2) is 17.4 Å². The Hall–Kier alpha value is -3.89. The van der Waals surface area contributed by atoms with E-state index in [4.69, 9.17) is 9.73 Å². The van der Waals surface area contributed by atoms with Crippen LogP contribution in [0.4, 0.5) is 5.69 Å². The van der Waals surface area contributed by atoms with Gasteiger partial charge in [-0.1, -0.05) is 82.7 Å². The predicted molar refractivity (Wildman–Crippen MR) is 149 cm³/mol. The molecule has 0 radical (unpaired) electrons. The first-order valence-electron chi connectivity index (χ1n) is 11.6. The van der Waals surface area contributed by atoms with E-state index < -0.39 is 0 Å². The first-order chi connectivity index (χ1) is 17.2. The Labute approximate surface area is 214 Å². The average Bonchev–Trinajstić information content (AvgIpc) is 3.29. The second-order valence-corrected chi connectivity index (χ2v) is 8.98. The van der Waals surface area contributed by atoms with Gasteiger partial charge in [0.25, 0.3) is 0 Å². The van der Waals surface area contributed by atoms with Gasteiger partial charge in [0.2, 0.25) is 0 Å². The van der Waals surface area contributed by atoms with Crippen LogP contribution in [0.1, 0.15) is 12.5 Å². The third-order valence-electron chi connectivity index (χ3n) is 5.71. The lowest BCUT2D eigenvalue weighted by Gasteiger charge is -2.15. The third kappa shape index (κ3) is 5.13. The molecule has 0 spiro atoms. The lowest BCUT2D eigenvalue weighted by molar-refractivity contribution is 0.340. The molecule has 0 atom stereocenters. The van der Waals surface area contributed by atoms with Gasteiger partial charge in [0, 0.05) is 21.9 Å². The maximum absolute atomic E-state index is 5.69. The van der Waals surface area contributed by atoms with E-state index in [2.05, 4.69) is 87.2 Å². The summed E-state index contributed by atoms with van der Waals surface area (Å²) in [6, 6.07) is 39.5. The van der Waals surface area contributed by atoms with E-state index in [1.807, 2.05) is 61.7 Å². The highest BCUT2D eigenvalue weighted by Crippen LogP contribution is 2.36. The molecule has 3 nitrogen and oxygen atoms in total. The summed E-state index contributed by atoms with van der Waals surface area (Å²) in [5.74, 6) is 0.863. The third-order valence-corrected chi connectivity index (χ3v) is 6.21. The summed E-state index contributed by atoms with van der Waals surface area (Å²) in [6.45, 7) is 2.64. The van der Waals surface area contributed by atoms with Gasteiger partial charge >= 0.3 is 0 Å². The van der Waals surface area contributed by atoms with Crippen molar-refractivity contribution >= 4 is 27.8 Å². The van der Waals surface area contributed by atoms with Crippen molar-refractivity contribution in [3.8, 4) is 34.0 Å². The Balaban J connectivity index is 1.74. The van der Waals surface area contributed by atoms with Crippen molar-refractivity contribution in [1.82, 2.24) is 4.57 Å². The Morgan fingerprint density at radius 3 is 2.11 bits per heavy atom. The molecule has 0 N–H and O–H groups in total. The van der Waals surface area contributed by atoms with Gasteiger partial charge in [-0.05, 0) is 66.6 Å². The maximum Gasteiger partial charge on any atom is 0.119 e. The number of benzene rings is 4. The first-order valence-corrected chi connectivity index (χ1v) is 12.4. The van der Waals surface area contributed by atoms with Crippen LogP contribution >= 0.6 is 15.9 Å². The van der Waals surface area contributed by atoms with Crippen molar-refractivity contribution in [3.05, 3.63) is 125 Å². The minimum absolute atomic E-state index is 0.642. The summed E-state index contributed by atoms with van der Waals surface area (Å²) in [5.41, 5.74) is 7.46. The lowest BCUT2D eigenvalue weighted by Crippen LogP contribution is -2.01. The molecule has 35 heavy (non-hydrogen) atoms. The summed E-state index contributed by atoms with van der Waals surface area (Å²) in [6.07, 6.45) is 1.96. The van der Waals surface area contributed by atoms with Crippen molar-refractivity contribution in [2.75, 3.05) is 6.61 Å². The van der Waals surface area contributed by atoms with Crippen LogP contribution in [0.25, 0.3) is 28.2 Å². The predicted octanol–water partition coefficient (Wildman–Crippen LogP) is 8.72. The van der Waals surface area contributed by atoms with Crippen LogP contribution in [0.5, 0.6) is 5.75 Å². The zero-order valence-corrected chi connectivity index (χ0v) is 21.0. The van der Waals surface area contributed by atoms with Gasteiger partial charge in [0.15, 0.2) is 0 Å². The molecule has 0 aliphatic rings. The second kappa shape index (κ2) is 10.6. The fourth-order valence-electron chi connectivity index (χ4n) is 4.17. The van der Waals surface area contributed by atoms with Gasteiger partial charge in [-0.2, -0.15) is 0 Å². The molecule has 0 aliphatic heterocycles. The minimum atomic E-state index is 0.642. The topological polar surface area (TPSA) is 26.5 Å². The summed E-state index contributed by atoms with van der Waals surface area (Å²) < 4.78 is 9.01.